The summed E-state index contributed by atoms with van der Waals surface area (Å²) in [6.07, 6.45) is 1.21. The van der Waals surface area contributed by atoms with E-state index in [9.17, 15) is 5.11 Å². The van der Waals surface area contributed by atoms with E-state index >= 15 is 0 Å². The van der Waals surface area contributed by atoms with Crippen molar-refractivity contribution in [2.75, 3.05) is 0 Å². The number of nitrogens with zero attached hydrogens (tertiary/aromatic N) is 2. The minimum atomic E-state index is -0.176. The van der Waals surface area contributed by atoms with Gasteiger partial charge in [-0.15, -0.1) is 0 Å². The molecular weight excluding hydrogens is 180 g/mol. The van der Waals surface area contributed by atoms with Gasteiger partial charge in [0.05, 0.1) is 11.3 Å². The minimum absolute atomic E-state index is 0.0133. The predicted octanol–water partition coefficient (Wildman–Crippen LogP) is 0.872. The Bertz CT molecular complexity index is 403. The standard InChI is InChI=1S/C9H14N4O/c1-5-9(6(2)13(3)12-5)7(14)4-8(10)11/h4,14H,1-3H3,(H3,10,11). The van der Waals surface area contributed by atoms with Crippen molar-refractivity contribution in [2.45, 2.75) is 13.8 Å². The van der Waals surface area contributed by atoms with E-state index in [2.05, 4.69) is 5.10 Å². The van der Waals surface area contributed by atoms with Crippen LogP contribution in [0.2, 0.25) is 0 Å². The Morgan fingerprint density at radius 1 is 1.57 bits per heavy atom. The maximum atomic E-state index is 9.65. The number of aromatic nitrogens is 2. The molecule has 1 aromatic rings. The molecular formula is C9H14N4O. The lowest BCUT2D eigenvalue weighted by molar-refractivity contribution is 0.511. The van der Waals surface area contributed by atoms with Gasteiger partial charge in [0.25, 0.3) is 0 Å². The fourth-order valence-corrected chi connectivity index (χ4v) is 1.36. The van der Waals surface area contributed by atoms with Crippen molar-refractivity contribution in [1.82, 2.24) is 9.78 Å². The van der Waals surface area contributed by atoms with Gasteiger partial charge >= 0.3 is 0 Å². The highest BCUT2D eigenvalue weighted by Gasteiger charge is 2.12. The van der Waals surface area contributed by atoms with Crippen LogP contribution in [0.15, 0.2) is 6.08 Å². The fourth-order valence-electron chi connectivity index (χ4n) is 1.36. The van der Waals surface area contributed by atoms with E-state index in [1.165, 1.54) is 6.08 Å². The maximum absolute atomic E-state index is 9.65. The summed E-state index contributed by atoms with van der Waals surface area (Å²) < 4.78 is 1.68. The summed E-state index contributed by atoms with van der Waals surface area (Å²) in [4.78, 5) is 0. The fraction of sp³-hybridized carbons (Fsp3) is 0.333. The Hall–Kier alpha value is -1.78. The molecule has 0 saturated carbocycles. The summed E-state index contributed by atoms with van der Waals surface area (Å²) in [7, 11) is 1.80. The van der Waals surface area contributed by atoms with Crippen molar-refractivity contribution in [3.63, 3.8) is 0 Å². The maximum Gasteiger partial charge on any atom is 0.130 e. The van der Waals surface area contributed by atoms with Gasteiger partial charge in [-0.3, -0.25) is 10.1 Å². The highest BCUT2D eigenvalue weighted by Crippen LogP contribution is 2.19. The molecule has 0 aromatic carbocycles. The Morgan fingerprint density at radius 2 is 2.14 bits per heavy atom. The van der Waals surface area contributed by atoms with Crippen molar-refractivity contribution in [3.05, 3.63) is 23.0 Å². The Labute approximate surface area is 82.4 Å². The molecule has 1 aromatic heterocycles. The first kappa shape index (κ1) is 10.3. The lowest BCUT2D eigenvalue weighted by atomic mass is 10.1. The van der Waals surface area contributed by atoms with Crippen molar-refractivity contribution in [2.24, 2.45) is 12.8 Å². The molecule has 0 bridgehead atoms. The molecule has 5 nitrogen and oxygen atoms in total. The van der Waals surface area contributed by atoms with Crippen LogP contribution in [0.25, 0.3) is 5.76 Å². The van der Waals surface area contributed by atoms with Gasteiger partial charge in [-0.05, 0) is 13.8 Å². The number of hydrogen-bond acceptors (Lipinski definition) is 3. The molecule has 0 amide bonds. The molecule has 0 spiro atoms. The first-order valence-corrected chi connectivity index (χ1v) is 4.18. The van der Waals surface area contributed by atoms with E-state index in [-0.39, 0.29) is 11.6 Å². The topological polar surface area (TPSA) is 87.9 Å². The molecule has 0 atom stereocenters. The van der Waals surface area contributed by atoms with Gasteiger partial charge < -0.3 is 10.8 Å². The molecule has 0 aliphatic carbocycles. The number of nitrogens with one attached hydrogen (secondary N) is 1. The summed E-state index contributed by atoms with van der Waals surface area (Å²) in [5.41, 5.74) is 7.37. The van der Waals surface area contributed by atoms with E-state index in [0.717, 1.165) is 11.4 Å². The van der Waals surface area contributed by atoms with Crippen LogP contribution in [0.5, 0.6) is 0 Å². The number of aliphatic hydroxyl groups is 1. The van der Waals surface area contributed by atoms with Gasteiger partial charge in [-0.1, -0.05) is 0 Å². The van der Waals surface area contributed by atoms with Crippen molar-refractivity contribution < 1.29 is 5.11 Å². The third-order valence-electron chi connectivity index (χ3n) is 2.06. The second-order valence-electron chi connectivity index (χ2n) is 3.15. The highest BCUT2D eigenvalue weighted by atomic mass is 16.3. The molecule has 5 heteroatoms. The molecule has 0 fully saturated rings. The number of nitrogens with two attached hydrogens (primary N) is 1. The highest BCUT2D eigenvalue weighted by molar-refractivity contribution is 5.94. The van der Waals surface area contributed by atoms with Crippen molar-refractivity contribution in [3.8, 4) is 0 Å². The Balaban J connectivity index is 3.25. The van der Waals surface area contributed by atoms with Crippen LogP contribution in [0, 0.1) is 19.3 Å². The molecule has 1 heterocycles. The third-order valence-corrected chi connectivity index (χ3v) is 2.06. The summed E-state index contributed by atoms with van der Waals surface area (Å²) in [5, 5.41) is 20.8. The van der Waals surface area contributed by atoms with Crippen LogP contribution < -0.4 is 5.73 Å². The largest absolute Gasteiger partial charge is 0.507 e. The van der Waals surface area contributed by atoms with Gasteiger partial charge in [0.15, 0.2) is 0 Å². The summed E-state index contributed by atoms with van der Waals surface area (Å²) in [6, 6.07) is 0. The number of rotatable bonds is 2. The zero-order valence-corrected chi connectivity index (χ0v) is 8.50. The monoisotopic (exact) mass is 194 g/mol. The first-order valence-electron chi connectivity index (χ1n) is 4.18. The van der Waals surface area contributed by atoms with Crippen LogP contribution in [0.4, 0.5) is 0 Å². The number of aryl methyl sites for hydroxylation is 2. The van der Waals surface area contributed by atoms with Gasteiger partial charge in [-0.2, -0.15) is 5.10 Å². The number of amidine groups is 1. The van der Waals surface area contributed by atoms with E-state index in [4.69, 9.17) is 11.1 Å². The molecule has 0 unspecified atom stereocenters. The second-order valence-corrected chi connectivity index (χ2v) is 3.15. The molecule has 0 saturated heterocycles. The normalized spacial score (nSPS) is 11.8. The van der Waals surface area contributed by atoms with E-state index in [0.29, 0.717) is 5.56 Å². The molecule has 0 aliphatic rings. The van der Waals surface area contributed by atoms with Crippen LogP contribution in [-0.4, -0.2) is 20.7 Å². The lowest BCUT2D eigenvalue weighted by Crippen LogP contribution is -2.06. The van der Waals surface area contributed by atoms with Crippen LogP contribution in [0.3, 0.4) is 0 Å². The SMILES string of the molecule is Cc1nn(C)c(C)c1C(O)=CC(=N)N. The van der Waals surface area contributed by atoms with Gasteiger partial charge in [0.2, 0.25) is 0 Å². The quantitative estimate of drug-likeness (QED) is 0.371. The smallest absolute Gasteiger partial charge is 0.130 e. The molecule has 0 aliphatic heterocycles. The summed E-state index contributed by atoms with van der Waals surface area (Å²) in [6.45, 7) is 3.64. The molecule has 4 N–H and O–H groups in total. The molecule has 76 valence electrons. The Morgan fingerprint density at radius 3 is 2.50 bits per heavy atom. The lowest BCUT2D eigenvalue weighted by Gasteiger charge is -2.00. The van der Waals surface area contributed by atoms with Crippen LogP contribution in [-0.2, 0) is 7.05 Å². The van der Waals surface area contributed by atoms with E-state index in [1.807, 2.05) is 6.92 Å². The van der Waals surface area contributed by atoms with Crippen LogP contribution >= 0.6 is 0 Å². The Kier molecular flexibility index (Phi) is 2.60. The van der Waals surface area contributed by atoms with Crippen LogP contribution in [0.1, 0.15) is 17.0 Å². The zero-order valence-electron chi connectivity index (χ0n) is 8.50. The summed E-state index contributed by atoms with van der Waals surface area (Å²) >= 11 is 0. The van der Waals surface area contributed by atoms with Gasteiger partial charge in [0, 0.05) is 18.8 Å². The number of hydrogen-bond donors (Lipinski definition) is 3. The van der Waals surface area contributed by atoms with Crippen molar-refractivity contribution >= 4 is 11.6 Å². The first-order chi connectivity index (χ1) is 6.43. The third kappa shape index (κ3) is 1.76. The van der Waals surface area contributed by atoms with E-state index < -0.39 is 0 Å². The minimum Gasteiger partial charge on any atom is -0.507 e. The average Bonchev–Trinajstić information content (AvgIpc) is 2.25. The predicted molar refractivity (Wildman–Crippen MR) is 55.2 cm³/mol. The molecule has 1 rings (SSSR count). The number of aliphatic hydroxyl groups excluding tert-OH is 1. The second kappa shape index (κ2) is 3.53. The average molecular weight is 194 g/mol. The van der Waals surface area contributed by atoms with Gasteiger partial charge in [-0.25, -0.2) is 0 Å². The zero-order chi connectivity index (χ0) is 10.9. The molecule has 0 radical (unpaired) electrons. The summed E-state index contributed by atoms with van der Waals surface area (Å²) in [5.74, 6) is -0.189. The van der Waals surface area contributed by atoms with Gasteiger partial charge in [0.1, 0.15) is 11.6 Å². The molecule has 14 heavy (non-hydrogen) atoms. The van der Waals surface area contributed by atoms with E-state index in [1.54, 1.807) is 18.7 Å². The van der Waals surface area contributed by atoms with Crippen molar-refractivity contribution in [1.29, 1.82) is 5.41 Å².